The van der Waals surface area contributed by atoms with Crippen LogP contribution >= 0.6 is 0 Å². The SMILES string of the molecule is CN1CCCCC1CCOc1cc(F)ccc1[B-](F)(F)F.[K+]. The monoisotopic (exact) mass is 343 g/mol. The largest absolute Gasteiger partial charge is 1.00 e. The number of piperidine rings is 1. The predicted molar refractivity (Wildman–Crippen MR) is 75.5 cm³/mol. The first-order valence-corrected chi connectivity index (χ1v) is 7.20. The second-order valence-corrected chi connectivity index (χ2v) is 5.52. The smallest absolute Gasteiger partial charge is 0.496 e. The topological polar surface area (TPSA) is 12.5 Å². The average molecular weight is 343 g/mol. The number of benzene rings is 1. The van der Waals surface area contributed by atoms with Gasteiger partial charge in [-0.25, -0.2) is 4.39 Å². The molecule has 8 heteroatoms. The Hall–Kier alpha value is 0.401. The predicted octanol–water partition coefficient (Wildman–Crippen LogP) is 0.137. The summed E-state index contributed by atoms with van der Waals surface area (Å²) in [5, 5.41) is 0. The van der Waals surface area contributed by atoms with Crippen LogP contribution in [-0.4, -0.2) is 38.1 Å². The van der Waals surface area contributed by atoms with Crippen LogP contribution in [0, 0.1) is 5.82 Å². The maximum Gasteiger partial charge on any atom is 1.00 e. The van der Waals surface area contributed by atoms with Crippen LogP contribution in [-0.2, 0) is 0 Å². The number of ether oxygens (including phenoxy) is 1. The van der Waals surface area contributed by atoms with Crippen LogP contribution in [0.3, 0.4) is 0 Å². The molecular formula is C14H19BF4KNO. The summed E-state index contributed by atoms with van der Waals surface area (Å²) >= 11 is 0. The summed E-state index contributed by atoms with van der Waals surface area (Å²) in [4.78, 5) is 2.20. The molecule has 0 N–H and O–H groups in total. The van der Waals surface area contributed by atoms with Crippen molar-refractivity contribution >= 4 is 12.4 Å². The minimum absolute atomic E-state index is 0. The minimum Gasteiger partial charge on any atom is -0.496 e. The van der Waals surface area contributed by atoms with Crippen molar-refractivity contribution in [1.29, 1.82) is 0 Å². The van der Waals surface area contributed by atoms with E-state index in [0.29, 0.717) is 12.5 Å². The number of hydrogen-bond acceptors (Lipinski definition) is 2. The van der Waals surface area contributed by atoms with Crippen molar-refractivity contribution in [3.05, 3.63) is 24.0 Å². The van der Waals surface area contributed by atoms with E-state index in [1.54, 1.807) is 0 Å². The molecule has 1 aromatic rings. The van der Waals surface area contributed by atoms with Crippen LogP contribution in [0.15, 0.2) is 18.2 Å². The van der Waals surface area contributed by atoms with Gasteiger partial charge in [-0.05, 0) is 38.9 Å². The summed E-state index contributed by atoms with van der Waals surface area (Å²) in [6.45, 7) is -4.03. The Labute approximate surface area is 171 Å². The van der Waals surface area contributed by atoms with Crippen molar-refractivity contribution in [2.24, 2.45) is 0 Å². The summed E-state index contributed by atoms with van der Waals surface area (Å²) in [7, 11) is 2.01. The van der Waals surface area contributed by atoms with Crippen LogP contribution in [0.5, 0.6) is 5.75 Å². The number of nitrogens with zero attached hydrogens (tertiary/aromatic N) is 1. The summed E-state index contributed by atoms with van der Waals surface area (Å²) < 4.78 is 57.0. The Kier molecular flexibility index (Phi) is 8.40. The molecule has 0 aliphatic carbocycles. The fourth-order valence-corrected chi connectivity index (χ4v) is 2.72. The van der Waals surface area contributed by atoms with Crippen molar-refractivity contribution in [3.63, 3.8) is 0 Å². The third-order valence-electron chi connectivity index (χ3n) is 3.96. The normalized spacial score (nSPS) is 19.6. The first kappa shape index (κ1) is 20.4. The summed E-state index contributed by atoms with van der Waals surface area (Å²) in [5.41, 5.74) is -0.867. The standard InChI is InChI=1S/C14H19BF4NO.K/c1-20-8-3-2-4-12(20)7-9-21-14-10-11(16)5-6-13(14)15(17,18)19;/h5-6,10,12H,2-4,7-9H2,1H3;/q-1;+1. The first-order valence-electron chi connectivity index (χ1n) is 7.20. The zero-order chi connectivity index (χ0) is 15.5. The van der Waals surface area contributed by atoms with Gasteiger partial charge >= 0.3 is 58.4 Å². The summed E-state index contributed by atoms with van der Waals surface area (Å²) in [6, 6.07) is 2.70. The van der Waals surface area contributed by atoms with Crippen molar-refractivity contribution in [2.45, 2.75) is 31.7 Å². The van der Waals surface area contributed by atoms with E-state index in [9.17, 15) is 17.3 Å². The molecule has 0 saturated carbocycles. The molecule has 22 heavy (non-hydrogen) atoms. The molecule has 0 spiro atoms. The van der Waals surface area contributed by atoms with E-state index in [1.165, 1.54) is 0 Å². The van der Waals surface area contributed by atoms with Gasteiger partial charge in [0.1, 0.15) is 5.82 Å². The van der Waals surface area contributed by atoms with E-state index >= 15 is 0 Å². The van der Waals surface area contributed by atoms with Gasteiger partial charge in [-0.1, -0.05) is 17.9 Å². The molecule has 1 unspecified atom stereocenters. The molecular weight excluding hydrogens is 324 g/mol. The van der Waals surface area contributed by atoms with Crippen LogP contribution < -0.4 is 61.6 Å². The van der Waals surface area contributed by atoms with Crippen LogP contribution in [0.4, 0.5) is 17.3 Å². The maximum absolute atomic E-state index is 13.1. The first-order chi connectivity index (χ1) is 9.88. The Balaban J connectivity index is 0.00000242. The molecule has 0 amide bonds. The van der Waals surface area contributed by atoms with Gasteiger partial charge in [0.25, 0.3) is 0 Å². The zero-order valence-corrected chi connectivity index (χ0v) is 16.1. The zero-order valence-electron chi connectivity index (χ0n) is 13.0. The summed E-state index contributed by atoms with van der Waals surface area (Å²) in [6.07, 6.45) is 3.96. The minimum atomic E-state index is -5.20. The second kappa shape index (κ2) is 9.03. The maximum atomic E-state index is 13.1. The van der Waals surface area contributed by atoms with Gasteiger partial charge in [-0.15, -0.1) is 0 Å². The number of hydrogen-bond donors (Lipinski definition) is 0. The van der Waals surface area contributed by atoms with E-state index in [4.69, 9.17) is 4.74 Å². The van der Waals surface area contributed by atoms with E-state index in [-0.39, 0.29) is 58.0 Å². The Morgan fingerprint density at radius 2 is 2.00 bits per heavy atom. The van der Waals surface area contributed by atoms with Crippen LogP contribution in [0.25, 0.3) is 0 Å². The van der Waals surface area contributed by atoms with Crippen molar-refractivity contribution < 1.29 is 73.5 Å². The Morgan fingerprint density at radius 3 is 2.64 bits per heavy atom. The molecule has 1 fully saturated rings. The molecule has 1 aliphatic rings. The Bertz CT molecular complexity index is 486. The van der Waals surface area contributed by atoms with E-state index in [1.807, 2.05) is 7.05 Å². The third kappa shape index (κ3) is 5.80. The van der Waals surface area contributed by atoms with Gasteiger partial charge in [0, 0.05) is 12.1 Å². The van der Waals surface area contributed by atoms with Gasteiger partial charge in [0.15, 0.2) is 0 Å². The number of rotatable bonds is 5. The van der Waals surface area contributed by atoms with Crippen LogP contribution in [0.1, 0.15) is 25.7 Å². The molecule has 0 aromatic heterocycles. The van der Waals surface area contributed by atoms with Crippen molar-refractivity contribution in [1.82, 2.24) is 4.90 Å². The molecule has 0 bridgehead atoms. The molecule has 2 nitrogen and oxygen atoms in total. The van der Waals surface area contributed by atoms with Gasteiger partial charge in [-0.3, -0.25) is 0 Å². The van der Waals surface area contributed by atoms with E-state index < -0.39 is 24.0 Å². The third-order valence-corrected chi connectivity index (χ3v) is 3.96. The summed E-state index contributed by atoms with van der Waals surface area (Å²) in [5.74, 6) is -1.12. The molecule has 1 aromatic carbocycles. The molecule has 1 heterocycles. The fraction of sp³-hybridized carbons (Fsp3) is 0.571. The molecule has 1 atom stereocenters. The molecule has 118 valence electrons. The molecule has 0 radical (unpaired) electrons. The van der Waals surface area contributed by atoms with E-state index in [0.717, 1.165) is 44.0 Å². The Morgan fingerprint density at radius 1 is 1.27 bits per heavy atom. The van der Waals surface area contributed by atoms with Gasteiger partial charge in [0.05, 0.1) is 12.4 Å². The van der Waals surface area contributed by atoms with E-state index in [2.05, 4.69) is 4.90 Å². The number of likely N-dealkylation sites (tertiary alicyclic amines) is 1. The van der Waals surface area contributed by atoms with Gasteiger partial charge < -0.3 is 22.6 Å². The van der Waals surface area contributed by atoms with Gasteiger partial charge in [0.2, 0.25) is 0 Å². The van der Waals surface area contributed by atoms with Gasteiger partial charge in [-0.2, -0.15) is 0 Å². The average Bonchev–Trinajstić information content (AvgIpc) is 2.39. The second-order valence-electron chi connectivity index (χ2n) is 5.52. The van der Waals surface area contributed by atoms with Crippen molar-refractivity contribution in [3.8, 4) is 5.75 Å². The molecule has 2 rings (SSSR count). The number of halogens is 4. The quantitative estimate of drug-likeness (QED) is 0.557. The fourth-order valence-electron chi connectivity index (χ4n) is 2.72. The molecule has 1 aliphatic heterocycles. The molecule has 1 saturated heterocycles. The van der Waals surface area contributed by atoms with Crippen LogP contribution in [0.2, 0.25) is 0 Å². The van der Waals surface area contributed by atoms with Crippen molar-refractivity contribution in [2.75, 3.05) is 20.2 Å².